The molecule has 0 aliphatic carbocycles. The highest BCUT2D eigenvalue weighted by molar-refractivity contribution is 5.75. The van der Waals surface area contributed by atoms with Crippen molar-refractivity contribution in [2.75, 3.05) is 13.2 Å². The Labute approximate surface area is 152 Å². The number of nitriles is 1. The maximum atomic E-state index is 12.1. The highest BCUT2D eigenvalue weighted by atomic mass is 16.5. The molecule has 2 rings (SSSR count). The molecule has 0 saturated carbocycles. The molecular weight excluding hydrogens is 332 g/mol. The van der Waals surface area contributed by atoms with Gasteiger partial charge in [-0.15, -0.1) is 0 Å². The van der Waals surface area contributed by atoms with Gasteiger partial charge in [-0.2, -0.15) is 10.4 Å². The van der Waals surface area contributed by atoms with Gasteiger partial charge < -0.3 is 10.1 Å². The van der Waals surface area contributed by atoms with E-state index < -0.39 is 5.56 Å². The second kappa shape index (κ2) is 9.49. The summed E-state index contributed by atoms with van der Waals surface area (Å²) in [5.74, 6) is -0.324. The van der Waals surface area contributed by atoms with Gasteiger partial charge in [-0.1, -0.05) is 30.3 Å². The fourth-order valence-corrected chi connectivity index (χ4v) is 2.37. The van der Waals surface area contributed by atoms with Gasteiger partial charge in [0.15, 0.2) is 0 Å². The Morgan fingerprint density at radius 3 is 2.73 bits per heavy atom. The molecule has 0 saturated heterocycles. The number of carbonyl (C=O) groups excluding carboxylic acids is 1. The molecule has 0 aliphatic rings. The number of aromatic nitrogens is 2. The molecule has 0 bridgehead atoms. The van der Waals surface area contributed by atoms with Crippen molar-refractivity contribution < 1.29 is 9.53 Å². The van der Waals surface area contributed by atoms with E-state index in [0.29, 0.717) is 37.4 Å². The van der Waals surface area contributed by atoms with Crippen LogP contribution in [0.15, 0.2) is 35.1 Å². The van der Waals surface area contributed by atoms with E-state index in [2.05, 4.69) is 10.4 Å². The van der Waals surface area contributed by atoms with Gasteiger partial charge in [0.05, 0.1) is 12.3 Å². The molecule has 0 atom stereocenters. The van der Waals surface area contributed by atoms with Gasteiger partial charge in [0.1, 0.15) is 18.2 Å². The van der Waals surface area contributed by atoms with Crippen molar-refractivity contribution in [3.63, 3.8) is 0 Å². The van der Waals surface area contributed by atoms with Crippen molar-refractivity contribution in [2.24, 2.45) is 0 Å². The summed E-state index contributed by atoms with van der Waals surface area (Å²) in [7, 11) is 0. The Bertz CT molecular complexity index is 854. The predicted molar refractivity (Wildman–Crippen MR) is 96.4 cm³/mol. The third kappa shape index (κ3) is 5.26. The Balaban J connectivity index is 1.75. The third-order valence-electron chi connectivity index (χ3n) is 3.94. The van der Waals surface area contributed by atoms with Gasteiger partial charge in [-0.05, 0) is 31.4 Å². The monoisotopic (exact) mass is 354 g/mol. The first-order valence-electron chi connectivity index (χ1n) is 8.39. The standard InChI is InChI=1S/C19H22N4O3/c1-14-15(2)22-23(19(25)17(14)11-20)12-18(24)21-9-6-10-26-13-16-7-4-3-5-8-16/h3-5,7-8H,6,9-10,12-13H2,1-2H3,(H,21,24). The molecule has 1 aromatic carbocycles. The summed E-state index contributed by atoms with van der Waals surface area (Å²) in [6.07, 6.45) is 0.664. The van der Waals surface area contributed by atoms with Crippen molar-refractivity contribution in [2.45, 2.75) is 33.4 Å². The van der Waals surface area contributed by atoms with Crippen LogP contribution in [-0.2, 0) is 22.7 Å². The molecule has 7 heteroatoms. The molecule has 136 valence electrons. The molecule has 0 spiro atoms. The second-order valence-electron chi connectivity index (χ2n) is 5.90. The van der Waals surface area contributed by atoms with E-state index in [1.807, 2.05) is 36.4 Å². The lowest BCUT2D eigenvalue weighted by molar-refractivity contribution is -0.121. The first-order valence-corrected chi connectivity index (χ1v) is 8.39. The molecular formula is C19H22N4O3. The quantitative estimate of drug-likeness (QED) is 0.724. The molecule has 26 heavy (non-hydrogen) atoms. The molecule has 1 amide bonds. The molecule has 0 fully saturated rings. The average molecular weight is 354 g/mol. The number of nitrogens with zero attached hydrogens (tertiary/aromatic N) is 3. The number of aryl methyl sites for hydroxylation is 1. The van der Waals surface area contributed by atoms with Crippen LogP contribution in [0.3, 0.4) is 0 Å². The summed E-state index contributed by atoms with van der Waals surface area (Å²) in [5.41, 5.74) is 1.69. The van der Waals surface area contributed by atoms with E-state index in [4.69, 9.17) is 10.00 Å². The average Bonchev–Trinajstić information content (AvgIpc) is 2.64. The van der Waals surface area contributed by atoms with Crippen molar-refractivity contribution in [3.05, 3.63) is 63.1 Å². The minimum Gasteiger partial charge on any atom is -0.377 e. The van der Waals surface area contributed by atoms with Crippen molar-refractivity contribution in [1.82, 2.24) is 15.1 Å². The Kier molecular flexibility index (Phi) is 7.06. The summed E-state index contributed by atoms with van der Waals surface area (Å²) in [4.78, 5) is 24.1. The van der Waals surface area contributed by atoms with Crippen LogP contribution in [-0.4, -0.2) is 28.8 Å². The summed E-state index contributed by atoms with van der Waals surface area (Å²) in [5, 5.41) is 15.9. The van der Waals surface area contributed by atoms with Gasteiger partial charge in [0.2, 0.25) is 5.91 Å². The predicted octanol–water partition coefficient (Wildman–Crippen LogP) is 1.45. The van der Waals surface area contributed by atoms with Crippen LogP contribution in [0.2, 0.25) is 0 Å². The number of ether oxygens (including phenoxy) is 1. The lowest BCUT2D eigenvalue weighted by atomic mass is 10.1. The topological polar surface area (TPSA) is 97.0 Å². The van der Waals surface area contributed by atoms with Gasteiger partial charge in [0, 0.05) is 13.2 Å². The number of carbonyl (C=O) groups is 1. The number of hydrogen-bond donors (Lipinski definition) is 1. The summed E-state index contributed by atoms with van der Waals surface area (Å²) in [6.45, 7) is 4.66. The molecule has 7 nitrogen and oxygen atoms in total. The van der Waals surface area contributed by atoms with E-state index >= 15 is 0 Å². The molecule has 0 radical (unpaired) electrons. The first kappa shape index (κ1) is 19.3. The van der Waals surface area contributed by atoms with E-state index in [1.165, 1.54) is 0 Å². The van der Waals surface area contributed by atoms with Gasteiger partial charge in [-0.3, -0.25) is 9.59 Å². The van der Waals surface area contributed by atoms with Crippen LogP contribution in [0.1, 0.15) is 28.8 Å². The lowest BCUT2D eigenvalue weighted by Crippen LogP contribution is -2.36. The molecule has 1 N–H and O–H groups in total. The molecule has 0 unspecified atom stereocenters. The zero-order valence-electron chi connectivity index (χ0n) is 15.0. The van der Waals surface area contributed by atoms with Crippen LogP contribution >= 0.6 is 0 Å². The zero-order chi connectivity index (χ0) is 18.9. The number of hydrogen-bond acceptors (Lipinski definition) is 5. The normalized spacial score (nSPS) is 10.3. The van der Waals surface area contributed by atoms with Crippen LogP contribution < -0.4 is 10.9 Å². The number of benzene rings is 1. The van der Waals surface area contributed by atoms with E-state index in [-0.39, 0.29) is 18.0 Å². The highest BCUT2D eigenvalue weighted by Gasteiger charge is 2.13. The first-order chi connectivity index (χ1) is 12.5. The van der Waals surface area contributed by atoms with Gasteiger partial charge in [0.25, 0.3) is 5.56 Å². The highest BCUT2D eigenvalue weighted by Crippen LogP contribution is 2.04. The summed E-state index contributed by atoms with van der Waals surface area (Å²) < 4.78 is 6.57. The SMILES string of the molecule is Cc1nn(CC(=O)NCCCOCc2ccccc2)c(=O)c(C#N)c1C. The van der Waals surface area contributed by atoms with Gasteiger partial charge >= 0.3 is 0 Å². The van der Waals surface area contributed by atoms with Crippen LogP contribution in [0.5, 0.6) is 0 Å². The Hall–Kier alpha value is -2.98. The number of rotatable bonds is 8. The maximum Gasteiger partial charge on any atom is 0.285 e. The van der Waals surface area contributed by atoms with E-state index in [0.717, 1.165) is 10.2 Å². The Morgan fingerprint density at radius 1 is 1.31 bits per heavy atom. The maximum absolute atomic E-state index is 12.1. The smallest absolute Gasteiger partial charge is 0.285 e. The molecule has 2 aromatic rings. The lowest BCUT2D eigenvalue weighted by Gasteiger charge is -2.10. The largest absolute Gasteiger partial charge is 0.377 e. The summed E-state index contributed by atoms with van der Waals surface area (Å²) in [6, 6.07) is 11.7. The molecule has 1 aromatic heterocycles. The molecule has 1 heterocycles. The Morgan fingerprint density at radius 2 is 2.04 bits per heavy atom. The van der Waals surface area contributed by atoms with E-state index in [9.17, 15) is 9.59 Å². The fourth-order valence-electron chi connectivity index (χ4n) is 2.37. The second-order valence-corrected chi connectivity index (χ2v) is 5.90. The van der Waals surface area contributed by atoms with Crippen molar-refractivity contribution in [1.29, 1.82) is 5.26 Å². The van der Waals surface area contributed by atoms with E-state index in [1.54, 1.807) is 13.8 Å². The van der Waals surface area contributed by atoms with Crippen LogP contribution in [0.4, 0.5) is 0 Å². The summed E-state index contributed by atoms with van der Waals surface area (Å²) >= 11 is 0. The fraction of sp³-hybridized carbons (Fsp3) is 0.368. The zero-order valence-corrected chi connectivity index (χ0v) is 15.0. The third-order valence-corrected chi connectivity index (χ3v) is 3.94. The van der Waals surface area contributed by atoms with Crippen LogP contribution in [0.25, 0.3) is 0 Å². The van der Waals surface area contributed by atoms with Gasteiger partial charge in [-0.25, -0.2) is 4.68 Å². The van der Waals surface area contributed by atoms with Crippen molar-refractivity contribution >= 4 is 5.91 Å². The van der Waals surface area contributed by atoms with Crippen LogP contribution in [0, 0.1) is 25.2 Å². The minimum absolute atomic E-state index is 0.0274. The van der Waals surface area contributed by atoms with Crippen molar-refractivity contribution in [3.8, 4) is 6.07 Å². The number of amides is 1. The minimum atomic E-state index is -0.544. The molecule has 0 aliphatic heterocycles. The number of nitrogens with one attached hydrogen (secondary N) is 1.